The lowest BCUT2D eigenvalue weighted by atomic mass is 10.0. The zero-order valence-corrected chi connectivity index (χ0v) is 9.98. The lowest BCUT2D eigenvalue weighted by Crippen LogP contribution is -2.11. The molecule has 16 heavy (non-hydrogen) atoms. The third-order valence-corrected chi connectivity index (χ3v) is 3.12. The van der Waals surface area contributed by atoms with Crippen LogP contribution in [0.15, 0.2) is 24.5 Å². The number of imidazole rings is 1. The van der Waals surface area contributed by atoms with Crippen molar-refractivity contribution in [3.8, 4) is 0 Å². The number of benzene rings is 1. The Kier molecular flexibility index (Phi) is 3.25. The molecule has 0 aliphatic carbocycles. The summed E-state index contributed by atoms with van der Waals surface area (Å²) < 4.78 is 2.04. The van der Waals surface area contributed by atoms with Crippen LogP contribution < -0.4 is 5.73 Å². The highest BCUT2D eigenvalue weighted by Gasteiger charge is 2.03. The molecule has 2 rings (SSSR count). The van der Waals surface area contributed by atoms with Crippen molar-refractivity contribution < 1.29 is 0 Å². The van der Waals surface area contributed by atoms with Crippen molar-refractivity contribution in [2.45, 2.75) is 19.8 Å². The molecule has 1 unspecified atom stereocenters. The summed E-state index contributed by atoms with van der Waals surface area (Å²) in [6, 6.07) is 6.51. The van der Waals surface area contributed by atoms with Gasteiger partial charge in [-0.15, -0.1) is 0 Å². The third kappa shape index (κ3) is 2.25. The summed E-state index contributed by atoms with van der Waals surface area (Å²) in [5, 5.41) is 0. The average molecular weight is 217 g/mol. The van der Waals surface area contributed by atoms with Gasteiger partial charge in [0.15, 0.2) is 0 Å². The SMILES string of the molecule is CC(CN)CCc1ccc2c(c1)ncn2C. The minimum absolute atomic E-state index is 0.597. The van der Waals surface area contributed by atoms with Gasteiger partial charge >= 0.3 is 0 Å². The van der Waals surface area contributed by atoms with Crippen LogP contribution in [0, 0.1) is 5.92 Å². The third-order valence-electron chi connectivity index (χ3n) is 3.12. The van der Waals surface area contributed by atoms with E-state index in [1.165, 1.54) is 11.1 Å². The van der Waals surface area contributed by atoms with E-state index in [4.69, 9.17) is 5.73 Å². The minimum Gasteiger partial charge on any atom is -0.334 e. The summed E-state index contributed by atoms with van der Waals surface area (Å²) in [4.78, 5) is 4.36. The molecule has 0 saturated carbocycles. The van der Waals surface area contributed by atoms with Gasteiger partial charge in [-0.2, -0.15) is 0 Å². The van der Waals surface area contributed by atoms with E-state index in [2.05, 4.69) is 30.1 Å². The molecular weight excluding hydrogens is 198 g/mol. The second-order valence-corrected chi connectivity index (χ2v) is 4.56. The second-order valence-electron chi connectivity index (χ2n) is 4.56. The highest BCUT2D eigenvalue weighted by atomic mass is 15.0. The Balaban J connectivity index is 2.14. The summed E-state index contributed by atoms with van der Waals surface area (Å²) in [5.41, 5.74) is 9.24. The number of aryl methyl sites for hydroxylation is 2. The van der Waals surface area contributed by atoms with Gasteiger partial charge in [-0.3, -0.25) is 0 Å². The number of nitrogens with two attached hydrogens (primary N) is 1. The number of rotatable bonds is 4. The van der Waals surface area contributed by atoms with E-state index in [1.54, 1.807) is 0 Å². The van der Waals surface area contributed by atoms with E-state index in [0.717, 1.165) is 24.9 Å². The molecule has 1 aromatic carbocycles. The van der Waals surface area contributed by atoms with Crippen molar-refractivity contribution in [1.29, 1.82) is 0 Å². The van der Waals surface area contributed by atoms with Crippen LogP contribution in [-0.2, 0) is 13.5 Å². The van der Waals surface area contributed by atoms with Crippen molar-refractivity contribution in [1.82, 2.24) is 9.55 Å². The predicted octanol–water partition coefficient (Wildman–Crippen LogP) is 2.10. The van der Waals surface area contributed by atoms with E-state index in [9.17, 15) is 0 Å². The molecular formula is C13H19N3. The largest absolute Gasteiger partial charge is 0.334 e. The van der Waals surface area contributed by atoms with E-state index in [0.29, 0.717) is 5.92 Å². The molecule has 0 amide bonds. The molecule has 1 atom stereocenters. The first-order chi connectivity index (χ1) is 7.70. The van der Waals surface area contributed by atoms with Crippen LogP contribution in [0.5, 0.6) is 0 Å². The molecule has 3 heteroatoms. The van der Waals surface area contributed by atoms with Gasteiger partial charge < -0.3 is 10.3 Å². The van der Waals surface area contributed by atoms with E-state index < -0.39 is 0 Å². The zero-order chi connectivity index (χ0) is 11.5. The molecule has 0 aliphatic heterocycles. The Bertz CT molecular complexity index is 473. The minimum atomic E-state index is 0.597. The summed E-state index contributed by atoms with van der Waals surface area (Å²) in [5.74, 6) is 0.597. The average Bonchev–Trinajstić information content (AvgIpc) is 2.67. The fourth-order valence-corrected chi connectivity index (χ4v) is 1.87. The molecule has 0 saturated heterocycles. The molecule has 0 bridgehead atoms. The fourth-order valence-electron chi connectivity index (χ4n) is 1.87. The molecule has 86 valence electrons. The van der Waals surface area contributed by atoms with Gasteiger partial charge in [0.1, 0.15) is 0 Å². The Morgan fingerprint density at radius 3 is 3.00 bits per heavy atom. The van der Waals surface area contributed by atoms with Crippen LogP contribution in [0.1, 0.15) is 18.9 Å². The lowest BCUT2D eigenvalue weighted by Gasteiger charge is -2.07. The van der Waals surface area contributed by atoms with Crippen molar-refractivity contribution in [2.75, 3.05) is 6.54 Å². The maximum atomic E-state index is 5.61. The second kappa shape index (κ2) is 4.66. The van der Waals surface area contributed by atoms with Crippen molar-refractivity contribution in [3.05, 3.63) is 30.1 Å². The van der Waals surface area contributed by atoms with E-state index >= 15 is 0 Å². The van der Waals surface area contributed by atoms with Crippen LogP contribution in [-0.4, -0.2) is 16.1 Å². The predicted molar refractivity (Wildman–Crippen MR) is 67.3 cm³/mol. The fraction of sp³-hybridized carbons (Fsp3) is 0.462. The highest BCUT2D eigenvalue weighted by molar-refractivity contribution is 5.75. The van der Waals surface area contributed by atoms with Crippen LogP contribution >= 0.6 is 0 Å². The van der Waals surface area contributed by atoms with Gasteiger partial charge in [0.25, 0.3) is 0 Å². The lowest BCUT2D eigenvalue weighted by molar-refractivity contribution is 0.545. The van der Waals surface area contributed by atoms with Crippen molar-refractivity contribution in [3.63, 3.8) is 0 Å². The monoisotopic (exact) mass is 217 g/mol. The van der Waals surface area contributed by atoms with Gasteiger partial charge in [0.05, 0.1) is 17.4 Å². The Morgan fingerprint density at radius 2 is 2.25 bits per heavy atom. The number of fused-ring (bicyclic) bond motifs is 1. The van der Waals surface area contributed by atoms with Gasteiger partial charge in [-0.25, -0.2) is 4.98 Å². The molecule has 0 aliphatic rings. The van der Waals surface area contributed by atoms with E-state index in [-0.39, 0.29) is 0 Å². The van der Waals surface area contributed by atoms with Crippen LogP contribution in [0.25, 0.3) is 11.0 Å². The highest BCUT2D eigenvalue weighted by Crippen LogP contribution is 2.16. The maximum Gasteiger partial charge on any atom is 0.0955 e. The van der Waals surface area contributed by atoms with Crippen molar-refractivity contribution >= 4 is 11.0 Å². The molecule has 0 radical (unpaired) electrons. The first-order valence-corrected chi connectivity index (χ1v) is 5.80. The normalized spacial score (nSPS) is 13.2. The first-order valence-electron chi connectivity index (χ1n) is 5.80. The zero-order valence-electron chi connectivity index (χ0n) is 9.98. The van der Waals surface area contributed by atoms with Crippen LogP contribution in [0.4, 0.5) is 0 Å². The number of nitrogens with zero attached hydrogens (tertiary/aromatic N) is 2. The quantitative estimate of drug-likeness (QED) is 0.852. The standard InChI is InChI=1S/C13H19N3/c1-10(8-14)3-4-11-5-6-13-12(7-11)15-9-16(13)2/h5-7,9-10H,3-4,8,14H2,1-2H3. The summed E-state index contributed by atoms with van der Waals surface area (Å²) in [6.07, 6.45) is 4.09. The maximum absolute atomic E-state index is 5.61. The molecule has 3 nitrogen and oxygen atoms in total. The number of hydrogen-bond acceptors (Lipinski definition) is 2. The molecule has 2 N–H and O–H groups in total. The molecule has 0 fully saturated rings. The van der Waals surface area contributed by atoms with Gasteiger partial charge in [0, 0.05) is 7.05 Å². The van der Waals surface area contributed by atoms with Crippen LogP contribution in [0.2, 0.25) is 0 Å². The molecule has 0 spiro atoms. The topological polar surface area (TPSA) is 43.8 Å². The number of aromatic nitrogens is 2. The Labute approximate surface area is 96.3 Å². The van der Waals surface area contributed by atoms with Gasteiger partial charge in [-0.1, -0.05) is 13.0 Å². The number of hydrogen-bond donors (Lipinski definition) is 1. The van der Waals surface area contributed by atoms with Gasteiger partial charge in [0.2, 0.25) is 0 Å². The van der Waals surface area contributed by atoms with Crippen molar-refractivity contribution in [2.24, 2.45) is 18.7 Å². The Morgan fingerprint density at radius 1 is 1.44 bits per heavy atom. The van der Waals surface area contributed by atoms with Gasteiger partial charge in [-0.05, 0) is 43.0 Å². The summed E-state index contributed by atoms with van der Waals surface area (Å²) in [6.45, 7) is 2.96. The smallest absolute Gasteiger partial charge is 0.0955 e. The Hall–Kier alpha value is -1.35. The molecule has 1 heterocycles. The molecule has 2 aromatic rings. The summed E-state index contributed by atoms with van der Waals surface area (Å²) >= 11 is 0. The molecule has 1 aromatic heterocycles. The van der Waals surface area contributed by atoms with Crippen LogP contribution in [0.3, 0.4) is 0 Å². The first kappa shape index (κ1) is 11.1. The summed E-state index contributed by atoms with van der Waals surface area (Å²) in [7, 11) is 2.02. The van der Waals surface area contributed by atoms with E-state index in [1.807, 2.05) is 17.9 Å².